The van der Waals surface area contributed by atoms with E-state index in [1.54, 1.807) is 4.90 Å². The van der Waals surface area contributed by atoms with E-state index in [1.807, 2.05) is 20.8 Å². The Morgan fingerprint density at radius 3 is 2.50 bits per heavy atom. The Bertz CT molecular complexity index is 505. The number of carbonyl (C=O) groups is 2. The molecule has 5 nitrogen and oxygen atoms in total. The van der Waals surface area contributed by atoms with E-state index < -0.39 is 5.97 Å². The second-order valence-corrected chi connectivity index (χ2v) is 4.94. The minimum absolute atomic E-state index is 0.0411. The average molecular weight is 299 g/mol. The number of amides is 2. The minimum Gasteiger partial charge on any atom is -0.478 e. The Morgan fingerprint density at radius 2 is 2.00 bits per heavy atom. The molecule has 0 saturated heterocycles. The molecule has 0 bridgehead atoms. The fourth-order valence-corrected chi connectivity index (χ4v) is 2.09. The zero-order valence-electron chi connectivity index (χ0n) is 11.8. The molecule has 1 rings (SSSR count). The fraction of sp³-hybridized carbons (Fsp3) is 0.429. The molecule has 0 aliphatic rings. The molecule has 0 heterocycles. The van der Waals surface area contributed by atoms with Crippen molar-refractivity contribution in [2.75, 3.05) is 11.9 Å². The maximum absolute atomic E-state index is 12.2. The number of benzene rings is 1. The van der Waals surface area contributed by atoms with Gasteiger partial charge in [0.2, 0.25) is 0 Å². The van der Waals surface area contributed by atoms with Gasteiger partial charge in [0, 0.05) is 23.3 Å². The fourth-order valence-electron chi connectivity index (χ4n) is 1.86. The van der Waals surface area contributed by atoms with E-state index in [2.05, 4.69) is 5.32 Å². The molecule has 0 aliphatic carbocycles. The zero-order chi connectivity index (χ0) is 15.3. The van der Waals surface area contributed by atoms with Crippen molar-refractivity contribution in [2.45, 2.75) is 33.2 Å². The van der Waals surface area contributed by atoms with Crippen LogP contribution in [0.5, 0.6) is 0 Å². The Labute approximate surface area is 123 Å². The molecule has 110 valence electrons. The van der Waals surface area contributed by atoms with Gasteiger partial charge in [0.15, 0.2) is 0 Å². The van der Waals surface area contributed by atoms with Gasteiger partial charge in [0.25, 0.3) is 0 Å². The number of rotatable bonds is 5. The van der Waals surface area contributed by atoms with Crippen LogP contribution >= 0.6 is 11.6 Å². The maximum Gasteiger partial charge on any atom is 0.335 e. The third-order valence-electron chi connectivity index (χ3n) is 3.12. The molecular formula is C14H19ClN2O3. The van der Waals surface area contributed by atoms with Crippen molar-refractivity contribution in [1.82, 2.24) is 4.90 Å². The van der Waals surface area contributed by atoms with Crippen LogP contribution in [0.15, 0.2) is 18.2 Å². The molecular weight excluding hydrogens is 280 g/mol. The van der Waals surface area contributed by atoms with Crippen molar-refractivity contribution in [3.8, 4) is 0 Å². The molecule has 1 unspecified atom stereocenters. The first kappa shape index (κ1) is 16.3. The van der Waals surface area contributed by atoms with Crippen molar-refractivity contribution in [3.05, 3.63) is 28.8 Å². The van der Waals surface area contributed by atoms with E-state index in [0.29, 0.717) is 12.2 Å². The Kier molecular flexibility index (Phi) is 5.82. The van der Waals surface area contributed by atoms with Crippen LogP contribution in [0.4, 0.5) is 10.5 Å². The summed E-state index contributed by atoms with van der Waals surface area (Å²) in [5.41, 5.74) is 0.418. The first-order chi connectivity index (χ1) is 9.38. The van der Waals surface area contributed by atoms with E-state index in [4.69, 9.17) is 16.7 Å². The molecule has 0 spiro atoms. The average Bonchev–Trinajstić information content (AvgIpc) is 2.38. The van der Waals surface area contributed by atoms with Gasteiger partial charge in [-0.15, -0.1) is 0 Å². The predicted molar refractivity (Wildman–Crippen MR) is 79.6 cm³/mol. The number of nitrogens with one attached hydrogen (secondary N) is 1. The summed E-state index contributed by atoms with van der Waals surface area (Å²) in [7, 11) is 0. The van der Waals surface area contributed by atoms with E-state index in [0.717, 1.165) is 6.42 Å². The number of carboxylic acid groups (broad SMARTS) is 1. The molecule has 2 N–H and O–H groups in total. The standard InChI is InChI=1S/C14H19ClN2O3/c1-4-9(3)17(5-2)14(20)16-12-7-10(13(18)19)6-11(15)8-12/h6-9H,4-5H2,1-3H3,(H,16,20)(H,18,19). The highest BCUT2D eigenvalue weighted by atomic mass is 35.5. The summed E-state index contributed by atoms with van der Waals surface area (Å²) < 4.78 is 0. The summed E-state index contributed by atoms with van der Waals surface area (Å²) in [4.78, 5) is 24.8. The third kappa shape index (κ3) is 4.13. The van der Waals surface area contributed by atoms with Crippen molar-refractivity contribution < 1.29 is 14.7 Å². The number of carbonyl (C=O) groups excluding carboxylic acids is 1. The molecule has 0 aromatic heterocycles. The van der Waals surface area contributed by atoms with E-state index in [1.165, 1.54) is 18.2 Å². The zero-order valence-corrected chi connectivity index (χ0v) is 12.6. The Morgan fingerprint density at radius 1 is 1.35 bits per heavy atom. The number of halogens is 1. The van der Waals surface area contributed by atoms with Crippen molar-refractivity contribution in [2.24, 2.45) is 0 Å². The van der Waals surface area contributed by atoms with Crippen LogP contribution in [0, 0.1) is 0 Å². The summed E-state index contributed by atoms with van der Waals surface area (Å²) in [6.45, 7) is 6.44. The number of hydrogen-bond acceptors (Lipinski definition) is 2. The highest BCUT2D eigenvalue weighted by molar-refractivity contribution is 6.31. The lowest BCUT2D eigenvalue weighted by Gasteiger charge is -2.27. The predicted octanol–water partition coefficient (Wildman–Crippen LogP) is 3.69. The smallest absolute Gasteiger partial charge is 0.335 e. The molecule has 0 radical (unpaired) electrons. The summed E-state index contributed by atoms with van der Waals surface area (Å²) in [6, 6.07) is 4.09. The quantitative estimate of drug-likeness (QED) is 0.871. The molecule has 1 aromatic carbocycles. The molecule has 1 atom stereocenters. The highest BCUT2D eigenvalue weighted by Crippen LogP contribution is 2.20. The van der Waals surface area contributed by atoms with Crippen LogP contribution in [-0.2, 0) is 0 Å². The van der Waals surface area contributed by atoms with Gasteiger partial charge in [-0.25, -0.2) is 9.59 Å². The van der Waals surface area contributed by atoms with Gasteiger partial charge in [-0.2, -0.15) is 0 Å². The third-order valence-corrected chi connectivity index (χ3v) is 3.34. The number of hydrogen-bond donors (Lipinski definition) is 2. The second kappa shape index (κ2) is 7.14. The van der Waals surface area contributed by atoms with Crippen LogP contribution in [0.1, 0.15) is 37.6 Å². The van der Waals surface area contributed by atoms with Gasteiger partial charge in [0.05, 0.1) is 5.56 Å². The van der Waals surface area contributed by atoms with Gasteiger partial charge >= 0.3 is 12.0 Å². The Hall–Kier alpha value is -1.75. The number of aromatic carboxylic acids is 1. The van der Waals surface area contributed by atoms with Gasteiger partial charge in [-0.3, -0.25) is 0 Å². The van der Waals surface area contributed by atoms with Crippen LogP contribution in [-0.4, -0.2) is 34.6 Å². The normalized spacial score (nSPS) is 11.8. The topological polar surface area (TPSA) is 69.6 Å². The number of nitrogens with zero attached hydrogens (tertiary/aromatic N) is 1. The number of anilines is 1. The lowest BCUT2D eigenvalue weighted by atomic mass is 10.2. The monoisotopic (exact) mass is 298 g/mol. The van der Waals surface area contributed by atoms with Crippen molar-refractivity contribution >= 4 is 29.3 Å². The molecule has 0 aliphatic heterocycles. The van der Waals surface area contributed by atoms with Crippen LogP contribution in [0.25, 0.3) is 0 Å². The molecule has 0 fully saturated rings. The van der Waals surface area contributed by atoms with Gasteiger partial charge in [-0.05, 0) is 38.5 Å². The summed E-state index contributed by atoms with van der Waals surface area (Å²) in [5.74, 6) is -1.09. The lowest BCUT2D eigenvalue weighted by molar-refractivity contribution is 0.0697. The van der Waals surface area contributed by atoms with Crippen molar-refractivity contribution in [1.29, 1.82) is 0 Å². The van der Waals surface area contributed by atoms with Gasteiger partial charge in [-0.1, -0.05) is 18.5 Å². The molecule has 1 aromatic rings. The SMILES string of the molecule is CCC(C)N(CC)C(=O)Nc1cc(Cl)cc(C(=O)O)c1. The van der Waals surface area contributed by atoms with Gasteiger partial charge < -0.3 is 15.3 Å². The number of carboxylic acids is 1. The van der Waals surface area contributed by atoms with E-state index in [9.17, 15) is 9.59 Å². The molecule has 0 saturated carbocycles. The minimum atomic E-state index is -1.09. The summed E-state index contributed by atoms with van der Waals surface area (Å²) in [5, 5.41) is 11.9. The first-order valence-electron chi connectivity index (χ1n) is 6.50. The van der Waals surface area contributed by atoms with Crippen molar-refractivity contribution in [3.63, 3.8) is 0 Å². The lowest BCUT2D eigenvalue weighted by Crippen LogP contribution is -2.41. The summed E-state index contributed by atoms with van der Waals surface area (Å²) >= 11 is 5.85. The second-order valence-electron chi connectivity index (χ2n) is 4.51. The van der Waals surface area contributed by atoms with Crippen LogP contribution < -0.4 is 5.32 Å². The maximum atomic E-state index is 12.2. The molecule has 20 heavy (non-hydrogen) atoms. The van der Waals surface area contributed by atoms with E-state index >= 15 is 0 Å². The molecule has 2 amide bonds. The first-order valence-corrected chi connectivity index (χ1v) is 6.88. The van der Waals surface area contributed by atoms with E-state index in [-0.39, 0.29) is 22.7 Å². The molecule has 6 heteroatoms. The van der Waals surface area contributed by atoms with Crippen LogP contribution in [0.3, 0.4) is 0 Å². The van der Waals surface area contributed by atoms with Gasteiger partial charge in [0.1, 0.15) is 0 Å². The largest absolute Gasteiger partial charge is 0.478 e. The number of urea groups is 1. The highest BCUT2D eigenvalue weighted by Gasteiger charge is 2.17. The summed E-state index contributed by atoms with van der Waals surface area (Å²) in [6.07, 6.45) is 0.844. The Balaban J connectivity index is 2.92. The van der Waals surface area contributed by atoms with Crippen LogP contribution in [0.2, 0.25) is 5.02 Å².